The highest BCUT2D eigenvalue weighted by Crippen LogP contribution is 2.38. The fraction of sp³-hybridized carbons (Fsp3) is 0.889. The van der Waals surface area contributed by atoms with E-state index in [1.807, 2.05) is 0 Å². The van der Waals surface area contributed by atoms with E-state index >= 15 is 0 Å². The van der Waals surface area contributed by atoms with E-state index in [-0.39, 0.29) is 11.7 Å². The second-order valence-corrected chi connectivity index (χ2v) is 3.76. The van der Waals surface area contributed by atoms with Crippen molar-refractivity contribution in [1.82, 2.24) is 0 Å². The highest BCUT2D eigenvalue weighted by Gasteiger charge is 2.45. The molecule has 0 amide bonds. The summed E-state index contributed by atoms with van der Waals surface area (Å²) in [4.78, 5) is 4.05. The van der Waals surface area contributed by atoms with Gasteiger partial charge in [0.25, 0.3) is 6.02 Å². The zero-order chi connectivity index (χ0) is 9.31. The van der Waals surface area contributed by atoms with Gasteiger partial charge in [0.1, 0.15) is 5.60 Å². The lowest BCUT2D eigenvalue weighted by Crippen LogP contribution is -2.44. The quantitative estimate of drug-likeness (QED) is 0.685. The van der Waals surface area contributed by atoms with Gasteiger partial charge in [-0.2, -0.15) is 0 Å². The largest absolute Gasteiger partial charge is 0.457 e. The summed E-state index contributed by atoms with van der Waals surface area (Å²) in [5.41, 5.74) is 5.36. The van der Waals surface area contributed by atoms with Gasteiger partial charge in [-0.05, 0) is 12.8 Å². The van der Waals surface area contributed by atoms with E-state index in [1.165, 1.54) is 12.8 Å². The van der Waals surface area contributed by atoms with Gasteiger partial charge in [-0.15, -0.1) is 0 Å². The molecule has 74 valence electrons. The molecule has 4 nitrogen and oxygen atoms in total. The molecule has 2 aliphatic rings. The topological polar surface area (TPSA) is 56.8 Å². The predicted octanol–water partition coefficient (Wildman–Crippen LogP) is 0.659. The number of hydrogen-bond donors (Lipinski definition) is 1. The molecule has 1 aliphatic carbocycles. The van der Waals surface area contributed by atoms with Crippen LogP contribution < -0.4 is 5.73 Å². The number of amidine groups is 1. The molecule has 4 heteroatoms. The zero-order valence-corrected chi connectivity index (χ0v) is 7.95. The Balaban J connectivity index is 2.05. The van der Waals surface area contributed by atoms with Crippen LogP contribution in [0.15, 0.2) is 4.99 Å². The number of nitrogens with two attached hydrogens (primary N) is 1. The van der Waals surface area contributed by atoms with Gasteiger partial charge >= 0.3 is 0 Å². The summed E-state index contributed by atoms with van der Waals surface area (Å²) in [6, 6.07) is 0.313. The summed E-state index contributed by atoms with van der Waals surface area (Å²) >= 11 is 0. The van der Waals surface area contributed by atoms with Gasteiger partial charge in [0.2, 0.25) is 0 Å². The van der Waals surface area contributed by atoms with Crippen molar-refractivity contribution in [2.24, 2.45) is 10.7 Å². The normalized spacial score (nSPS) is 31.5. The maximum Gasteiger partial charge on any atom is 0.282 e. The lowest BCUT2D eigenvalue weighted by molar-refractivity contribution is -0.0812. The fourth-order valence-electron chi connectivity index (χ4n) is 2.30. The standard InChI is InChI=1S/C9H16N2O2/c1-12-9(4-2-3-5-9)7-6-11-8(10)13-7/h7H,2-6H2,1H3,(H2,10,11). The first kappa shape index (κ1) is 8.81. The summed E-state index contributed by atoms with van der Waals surface area (Å²) in [5.74, 6) is 0. The summed E-state index contributed by atoms with van der Waals surface area (Å²) < 4.78 is 11.0. The number of rotatable bonds is 2. The lowest BCUT2D eigenvalue weighted by Gasteiger charge is -2.32. The lowest BCUT2D eigenvalue weighted by atomic mass is 9.94. The van der Waals surface area contributed by atoms with Crippen LogP contribution in [0, 0.1) is 0 Å². The molecule has 2 N–H and O–H groups in total. The maximum atomic E-state index is 5.58. The van der Waals surface area contributed by atoms with Crippen molar-refractivity contribution in [2.75, 3.05) is 13.7 Å². The van der Waals surface area contributed by atoms with Crippen molar-refractivity contribution < 1.29 is 9.47 Å². The molecule has 0 aromatic carbocycles. The molecule has 1 atom stereocenters. The van der Waals surface area contributed by atoms with Crippen molar-refractivity contribution in [3.05, 3.63) is 0 Å². The average molecular weight is 184 g/mol. The first-order valence-corrected chi connectivity index (χ1v) is 4.78. The third-order valence-electron chi connectivity index (χ3n) is 3.12. The monoisotopic (exact) mass is 184 g/mol. The van der Waals surface area contributed by atoms with E-state index in [1.54, 1.807) is 7.11 Å². The van der Waals surface area contributed by atoms with Crippen LogP contribution in [0.4, 0.5) is 0 Å². The minimum atomic E-state index is -0.120. The molecular formula is C9H16N2O2. The Morgan fingerprint density at radius 3 is 2.69 bits per heavy atom. The van der Waals surface area contributed by atoms with Gasteiger partial charge in [-0.25, -0.2) is 4.99 Å². The molecule has 0 spiro atoms. The van der Waals surface area contributed by atoms with Crippen molar-refractivity contribution in [2.45, 2.75) is 37.4 Å². The minimum Gasteiger partial charge on any atom is -0.457 e. The molecule has 1 saturated carbocycles. The van der Waals surface area contributed by atoms with Gasteiger partial charge < -0.3 is 15.2 Å². The molecule has 0 radical (unpaired) electrons. The number of aliphatic imine (C=N–C) groups is 1. The van der Waals surface area contributed by atoms with Crippen molar-refractivity contribution in [3.8, 4) is 0 Å². The first-order chi connectivity index (χ1) is 6.27. The van der Waals surface area contributed by atoms with Gasteiger partial charge in [0.15, 0.2) is 6.10 Å². The Hall–Kier alpha value is -0.770. The SMILES string of the molecule is COC1(C2CN=C(N)O2)CCCC1. The van der Waals surface area contributed by atoms with Gasteiger partial charge in [-0.3, -0.25) is 0 Å². The number of methoxy groups -OCH3 is 1. The van der Waals surface area contributed by atoms with Crippen LogP contribution in [-0.4, -0.2) is 31.4 Å². The van der Waals surface area contributed by atoms with Gasteiger partial charge in [0.05, 0.1) is 6.54 Å². The van der Waals surface area contributed by atoms with E-state index in [0.717, 1.165) is 12.8 Å². The highest BCUT2D eigenvalue weighted by molar-refractivity contribution is 5.73. The molecule has 1 heterocycles. The average Bonchev–Trinajstić information content (AvgIpc) is 2.73. The van der Waals surface area contributed by atoms with Gasteiger partial charge in [0, 0.05) is 7.11 Å². The van der Waals surface area contributed by atoms with Crippen molar-refractivity contribution in [3.63, 3.8) is 0 Å². The van der Waals surface area contributed by atoms with Crippen LogP contribution in [0.5, 0.6) is 0 Å². The summed E-state index contributed by atoms with van der Waals surface area (Å²) in [6.45, 7) is 0.652. The van der Waals surface area contributed by atoms with E-state index in [9.17, 15) is 0 Å². The van der Waals surface area contributed by atoms with Crippen molar-refractivity contribution >= 4 is 6.02 Å². The Morgan fingerprint density at radius 2 is 2.23 bits per heavy atom. The Kier molecular flexibility index (Phi) is 2.15. The van der Waals surface area contributed by atoms with E-state index in [0.29, 0.717) is 12.6 Å². The van der Waals surface area contributed by atoms with Crippen LogP contribution in [0.25, 0.3) is 0 Å². The molecule has 1 unspecified atom stereocenters. The van der Waals surface area contributed by atoms with Crippen LogP contribution in [0.3, 0.4) is 0 Å². The van der Waals surface area contributed by atoms with Gasteiger partial charge in [-0.1, -0.05) is 12.8 Å². The predicted molar refractivity (Wildman–Crippen MR) is 49.6 cm³/mol. The summed E-state index contributed by atoms with van der Waals surface area (Å²) in [7, 11) is 1.75. The highest BCUT2D eigenvalue weighted by atomic mass is 16.6. The minimum absolute atomic E-state index is 0.0417. The van der Waals surface area contributed by atoms with E-state index in [4.69, 9.17) is 15.2 Å². The number of ether oxygens (including phenoxy) is 2. The smallest absolute Gasteiger partial charge is 0.282 e. The van der Waals surface area contributed by atoms with E-state index in [2.05, 4.69) is 4.99 Å². The van der Waals surface area contributed by atoms with Crippen molar-refractivity contribution in [1.29, 1.82) is 0 Å². The molecule has 1 aliphatic heterocycles. The van der Waals surface area contributed by atoms with Crippen LogP contribution in [0.2, 0.25) is 0 Å². The Morgan fingerprint density at radius 1 is 1.54 bits per heavy atom. The number of hydrogen-bond acceptors (Lipinski definition) is 4. The molecular weight excluding hydrogens is 168 g/mol. The molecule has 13 heavy (non-hydrogen) atoms. The third-order valence-corrected chi connectivity index (χ3v) is 3.12. The second-order valence-electron chi connectivity index (χ2n) is 3.76. The Labute approximate surface area is 78.1 Å². The zero-order valence-electron chi connectivity index (χ0n) is 7.95. The molecule has 2 rings (SSSR count). The fourth-order valence-corrected chi connectivity index (χ4v) is 2.30. The number of nitrogens with zero attached hydrogens (tertiary/aromatic N) is 1. The summed E-state index contributed by atoms with van der Waals surface area (Å²) in [5, 5.41) is 0. The molecule has 0 aromatic heterocycles. The maximum absolute atomic E-state index is 5.58. The van der Waals surface area contributed by atoms with Crippen LogP contribution >= 0.6 is 0 Å². The third kappa shape index (κ3) is 1.39. The van der Waals surface area contributed by atoms with Crippen LogP contribution in [-0.2, 0) is 9.47 Å². The molecule has 1 fully saturated rings. The molecule has 0 aromatic rings. The second kappa shape index (κ2) is 3.18. The Bertz CT molecular complexity index is 222. The first-order valence-electron chi connectivity index (χ1n) is 4.78. The molecule has 0 bridgehead atoms. The van der Waals surface area contributed by atoms with Crippen LogP contribution in [0.1, 0.15) is 25.7 Å². The van der Waals surface area contributed by atoms with E-state index < -0.39 is 0 Å². The summed E-state index contributed by atoms with van der Waals surface area (Å²) in [6.07, 6.45) is 4.61. The molecule has 0 saturated heterocycles.